The Kier molecular flexibility index (Phi) is 4.65. The molecule has 110 valence electrons. The number of amides is 1. The highest BCUT2D eigenvalue weighted by molar-refractivity contribution is 5.97. The number of rotatable bonds is 6. The van der Waals surface area contributed by atoms with E-state index >= 15 is 0 Å². The molecule has 4 heteroatoms. The van der Waals surface area contributed by atoms with Crippen molar-refractivity contribution in [2.24, 2.45) is 5.92 Å². The largest absolute Gasteiger partial charge is 0.507 e. The van der Waals surface area contributed by atoms with Gasteiger partial charge in [-0.2, -0.15) is 0 Å². The number of methoxy groups -OCH3 is 1. The first-order chi connectivity index (χ1) is 9.54. The predicted molar refractivity (Wildman–Crippen MR) is 77.9 cm³/mol. The number of aryl methyl sites for hydroxylation is 1. The second-order valence-corrected chi connectivity index (χ2v) is 5.59. The molecule has 0 aliphatic heterocycles. The molecule has 1 atom stereocenters. The number of aromatic hydroxyl groups is 1. The maximum Gasteiger partial charge on any atom is 0.257 e. The third kappa shape index (κ3) is 3.31. The molecule has 1 fully saturated rings. The van der Waals surface area contributed by atoms with Crippen molar-refractivity contribution in [1.29, 1.82) is 0 Å². The third-order valence-corrected chi connectivity index (χ3v) is 3.98. The van der Waals surface area contributed by atoms with E-state index in [1.54, 1.807) is 25.3 Å². The van der Waals surface area contributed by atoms with Gasteiger partial charge in [0.05, 0.1) is 12.2 Å². The lowest BCUT2D eigenvalue weighted by atomic mass is 10.1. The van der Waals surface area contributed by atoms with Crippen LogP contribution in [0.15, 0.2) is 18.2 Å². The Morgan fingerprint density at radius 2 is 2.20 bits per heavy atom. The van der Waals surface area contributed by atoms with E-state index < -0.39 is 0 Å². The standard InChI is InChI=1S/C16H23NO3/c1-11-4-7-15(18)14(10-11)16(19)17(8-9-20-3)12(2)13-5-6-13/h4,7,10,12-13,18H,5-6,8-9H2,1-3H3. The van der Waals surface area contributed by atoms with Gasteiger partial charge in [-0.25, -0.2) is 0 Å². The minimum atomic E-state index is -0.109. The SMILES string of the molecule is COCCN(C(=O)c1cc(C)ccc1O)C(C)C1CC1. The summed E-state index contributed by atoms with van der Waals surface area (Å²) < 4.78 is 5.11. The van der Waals surface area contributed by atoms with Crippen molar-refractivity contribution >= 4 is 5.91 Å². The van der Waals surface area contributed by atoms with Gasteiger partial charge in [0, 0.05) is 19.7 Å². The zero-order valence-electron chi connectivity index (χ0n) is 12.4. The lowest BCUT2D eigenvalue weighted by Crippen LogP contribution is -2.42. The summed E-state index contributed by atoms with van der Waals surface area (Å²) in [4.78, 5) is 14.5. The second-order valence-electron chi connectivity index (χ2n) is 5.59. The summed E-state index contributed by atoms with van der Waals surface area (Å²) >= 11 is 0. The Morgan fingerprint density at radius 3 is 2.80 bits per heavy atom. The smallest absolute Gasteiger partial charge is 0.257 e. The second kappa shape index (κ2) is 6.27. The highest BCUT2D eigenvalue weighted by Crippen LogP contribution is 2.36. The minimum Gasteiger partial charge on any atom is -0.507 e. The van der Waals surface area contributed by atoms with Crippen molar-refractivity contribution in [3.63, 3.8) is 0 Å². The van der Waals surface area contributed by atoms with Crippen LogP contribution < -0.4 is 0 Å². The molecule has 1 aromatic rings. The molecule has 1 unspecified atom stereocenters. The number of benzene rings is 1. The van der Waals surface area contributed by atoms with Crippen LogP contribution in [0.1, 0.15) is 35.7 Å². The molecular formula is C16H23NO3. The number of nitrogens with zero attached hydrogens (tertiary/aromatic N) is 1. The van der Waals surface area contributed by atoms with E-state index in [0.29, 0.717) is 24.6 Å². The van der Waals surface area contributed by atoms with Crippen molar-refractivity contribution in [2.45, 2.75) is 32.7 Å². The zero-order valence-corrected chi connectivity index (χ0v) is 12.4. The normalized spacial score (nSPS) is 15.9. The van der Waals surface area contributed by atoms with E-state index in [1.165, 1.54) is 12.8 Å². The molecule has 1 aromatic carbocycles. The summed E-state index contributed by atoms with van der Waals surface area (Å²) in [5.74, 6) is 0.524. The van der Waals surface area contributed by atoms with E-state index in [4.69, 9.17) is 4.74 Å². The summed E-state index contributed by atoms with van der Waals surface area (Å²) in [5.41, 5.74) is 1.35. The lowest BCUT2D eigenvalue weighted by Gasteiger charge is -2.29. The fraction of sp³-hybridized carbons (Fsp3) is 0.562. The highest BCUT2D eigenvalue weighted by Gasteiger charge is 2.35. The average molecular weight is 277 g/mol. The Labute approximate surface area is 120 Å². The summed E-state index contributed by atoms with van der Waals surface area (Å²) in [6, 6.07) is 5.32. The number of ether oxygens (including phenoxy) is 1. The Hall–Kier alpha value is -1.55. The monoisotopic (exact) mass is 277 g/mol. The fourth-order valence-electron chi connectivity index (χ4n) is 2.49. The van der Waals surface area contributed by atoms with E-state index in [9.17, 15) is 9.90 Å². The van der Waals surface area contributed by atoms with E-state index in [0.717, 1.165) is 5.56 Å². The first kappa shape index (κ1) is 14.9. The summed E-state index contributed by atoms with van der Waals surface area (Å²) in [5, 5.41) is 9.94. The number of hydrogen-bond donors (Lipinski definition) is 1. The van der Waals surface area contributed by atoms with Crippen molar-refractivity contribution in [1.82, 2.24) is 4.90 Å². The van der Waals surface area contributed by atoms with Gasteiger partial charge in [-0.3, -0.25) is 4.79 Å². The van der Waals surface area contributed by atoms with Crippen LogP contribution in [0.5, 0.6) is 5.75 Å². The van der Waals surface area contributed by atoms with Crippen molar-refractivity contribution < 1.29 is 14.6 Å². The van der Waals surface area contributed by atoms with Crippen LogP contribution in [0.4, 0.5) is 0 Å². The Balaban J connectivity index is 2.22. The van der Waals surface area contributed by atoms with E-state index in [1.807, 2.05) is 11.8 Å². The predicted octanol–water partition coefficient (Wildman–Crippen LogP) is 2.59. The van der Waals surface area contributed by atoms with Gasteiger partial charge in [0.2, 0.25) is 0 Å². The number of carbonyl (C=O) groups is 1. The molecule has 1 saturated carbocycles. The molecule has 0 radical (unpaired) electrons. The topological polar surface area (TPSA) is 49.8 Å². The van der Waals surface area contributed by atoms with Gasteiger partial charge >= 0.3 is 0 Å². The Bertz CT molecular complexity index is 483. The summed E-state index contributed by atoms with van der Waals surface area (Å²) in [6.07, 6.45) is 2.36. The van der Waals surface area contributed by atoms with Crippen LogP contribution in [-0.2, 0) is 4.74 Å². The number of phenolic OH excluding ortho intramolecular Hbond substituents is 1. The van der Waals surface area contributed by atoms with Crippen LogP contribution in [0.25, 0.3) is 0 Å². The molecule has 0 bridgehead atoms. The van der Waals surface area contributed by atoms with Crippen molar-refractivity contribution in [3.8, 4) is 5.75 Å². The molecule has 1 aliphatic carbocycles. The van der Waals surface area contributed by atoms with Crippen LogP contribution in [-0.4, -0.2) is 42.2 Å². The summed E-state index contributed by atoms with van der Waals surface area (Å²) in [7, 11) is 1.63. The van der Waals surface area contributed by atoms with Crippen LogP contribution >= 0.6 is 0 Å². The maximum absolute atomic E-state index is 12.7. The molecule has 0 saturated heterocycles. The lowest BCUT2D eigenvalue weighted by molar-refractivity contribution is 0.0591. The number of carbonyl (C=O) groups excluding carboxylic acids is 1. The van der Waals surface area contributed by atoms with Crippen molar-refractivity contribution in [3.05, 3.63) is 29.3 Å². The Morgan fingerprint density at radius 1 is 1.50 bits per heavy atom. The highest BCUT2D eigenvalue weighted by atomic mass is 16.5. The molecule has 0 heterocycles. The molecule has 2 rings (SSSR count). The average Bonchev–Trinajstić information content (AvgIpc) is 3.26. The fourth-order valence-corrected chi connectivity index (χ4v) is 2.49. The van der Waals surface area contributed by atoms with Crippen LogP contribution in [0.2, 0.25) is 0 Å². The molecule has 0 aromatic heterocycles. The van der Waals surface area contributed by atoms with Crippen LogP contribution in [0.3, 0.4) is 0 Å². The van der Waals surface area contributed by atoms with Gasteiger partial charge in [-0.05, 0) is 44.7 Å². The van der Waals surface area contributed by atoms with E-state index in [-0.39, 0.29) is 17.7 Å². The molecule has 4 nitrogen and oxygen atoms in total. The quantitative estimate of drug-likeness (QED) is 0.869. The van der Waals surface area contributed by atoms with Gasteiger partial charge < -0.3 is 14.7 Å². The first-order valence-electron chi connectivity index (χ1n) is 7.14. The molecule has 20 heavy (non-hydrogen) atoms. The molecule has 1 aliphatic rings. The third-order valence-electron chi connectivity index (χ3n) is 3.98. The van der Waals surface area contributed by atoms with Gasteiger partial charge in [0.25, 0.3) is 5.91 Å². The van der Waals surface area contributed by atoms with Gasteiger partial charge in [0.15, 0.2) is 0 Å². The number of phenols is 1. The minimum absolute atomic E-state index is 0.0472. The summed E-state index contributed by atoms with van der Waals surface area (Å²) in [6.45, 7) is 5.06. The van der Waals surface area contributed by atoms with Crippen LogP contribution in [0, 0.1) is 12.8 Å². The first-order valence-corrected chi connectivity index (χ1v) is 7.14. The number of hydrogen-bond acceptors (Lipinski definition) is 3. The molecule has 0 spiro atoms. The molecule has 1 N–H and O–H groups in total. The van der Waals surface area contributed by atoms with Crippen molar-refractivity contribution in [2.75, 3.05) is 20.3 Å². The van der Waals surface area contributed by atoms with E-state index in [2.05, 4.69) is 6.92 Å². The zero-order chi connectivity index (χ0) is 14.7. The molecule has 1 amide bonds. The maximum atomic E-state index is 12.7. The van der Waals surface area contributed by atoms with Gasteiger partial charge in [0.1, 0.15) is 5.75 Å². The van der Waals surface area contributed by atoms with Gasteiger partial charge in [-0.15, -0.1) is 0 Å². The molecular weight excluding hydrogens is 254 g/mol. The van der Waals surface area contributed by atoms with Gasteiger partial charge in [-0.1, -0.05) is 11.6 Å².